The number of nitrogens with zero attached hydrogens (tertiary/aromatic N) is 2. The molecule has 2 heterocycles. The first-order chi connectivity index (χ1) is 25.2. The van der Waals surface area contributed by atoms with Gasteiger partial charge in [-0.15, -0.1) is 22.7 Å². The van der Waals surface area contributed by atoms with Crippen molar-refractivity contribution in [3.8, 4) is 48.5 Å². The molecule has 52 heavy (non-hydrogen) atoms. The number of thiophene rings is 2. The summed E-state index contributed by atoms with van der Waals surface area (Å²) in [7, 11) is 0. The molecule has 0 unspecified atom stereocenters. The Morgan fingerprint density at radius 2 is 1.08 bits per heavy atom. The smallest absolute Gasteiger partial charge is 0.346 e. The van der Waals surface area contributed by atoms with Crippen LogP contribution in [0.2, 0.25) is 0 Å². The number of aryl methyl sites for hydroxylation is 2. The molecule has 1 aliphatic rings. The van der Waals surface area contributed by atoms with Gasteiger partial charge in [0.15, 0.2) is 5.78 Å². The topological polar surface area (TPSA) is 81.4 Å². The maximum atomic E-state index is 13.9. The minimum atomic E-state index is -1.24. The SMILES string of the molecule is Cc1ccc(N(c2ccc(C)cc2)c2ccc(-c3ccc4c(c3)C(=O)c3cc(-c5ccc(-c6ccc(/C=C(/C#N)C(=O)O)s6)s5)ccc3-4)cc2)cc1. The van der Waals surface area contributed by atoms with Gasteiger partial charge in [-0.1, -0.05) is 71.8 Å². The molecule has 1 N–H and O–H groups in total. The highest BCUT2D eigenvalue weighted by atomic mass is 32.1. The van der Waals surface area contributed by atoms with E-state index in [1.165, 1.54) is 28.5 Å². The Bertz CT molecular complexity index is 2540. The molecule has 1 aliphatic carbocycles. The quantitative estimate of drug-likeness (QED) is 0.125. The van der Waals surface area contributed by atoms with E-state index in [0.29, 0.717) is 16.0 Å². The first kappa shape index (κ1) is 32.9. The predicted molar refractivity (Wildman–Crippen MR) is 213 cm³/mol. The average Bonchev–Trinajstić information content (AvgIpc) is 3.91. The fourth-order valence-electron chi connectivity index (χ4n) is 6.52. The Labute approximate surface area is 309 Å². The van der Waals surface area contributed by atoms with Crippen molar-refractivity contribution >= 4 is 57.6 Å². The fraction of sp³-hybridized carbons (Fsp3) is 0.0444. The first-order valence-corrected chi connectivity index (χ1v) is 18.3. The number of ketones is 1. The molecule has 2 aromatic heterocycles. The van der Waals surface area contributed by atoms with Crippen LogP contribution in [0.15, 0.2) is 139 Å². The third-order valence-electron chi connectivity index (χ3n) is 9.26. The van der Waals surface area contributed by atoms with Crippen LogP contribution in [0.1, 0.15) is 31.9 Å². The number of nitriles is 1. The van der Waals surface area contributed by atoms with E-state index in [-0.39, 0.29) is 11.4 Å². The molecule has 0 amide bonds. The Morgan fingerprint density at radius 3 is 1.65 bits per heavy atom. The number of carbonyl (C=O) groups is 2. The molecule has 8 rings (SSSR count). The van der Waals surface area contributed by atoms with E-state index in [9.17, 15) is 14.7 Å². The standard InChI is InChI=1S/C45H30N2O3S2/c1-27-3-11-33(12-4-27)47(34-13-5-28(2)6-14-34)35-15-7-29(8-16-35)30-9-18-37-38-19-10-31(25-40(38)44(48)39(37)24-30)41-21-22-43(52-41)42-20-17-36(51-42)23-32(26-46)45(49)50/h3-25H,1-2H3,(H,49,50)/b32-23-. The highest BCUT2D eigenvalue weighted by Crippen LogP contribution is 2.44. The molecule has 5 aromatic carbocycles. The van der Waals surface area contributed by atoms with Crippen LogP contribution >= 0.6 is 22.7 Å². The van der Waals surface area contributed by atoms with E-state index in [4.69, 9.17) is 5.26 Å². The summed E-state index contributed by atoms with van der Waals surface area (Å²) in [5, 5.41) is 18.3. The van der Waals surface area contributed by atoms with Gasteiger partial charge in [0.2, 0.25) is 0 Å². The summed E-state index contributed by atoms with van der Waals surface area (Å²) in [5.74, 6) is -1.22. The summed E-state index contributed by atoms with van der Waals surface area (Å²) >= 11 is 3.04. The summed E-state index contributed by atoms with van der Waals surface area (Å²) in [6, 6.07) is 47.4. The minimum absolute atomic E-state index is 0.0217. The van der Waals surface area contributed by atoms with Gasteiger partial charge in [-0.2, -0.15) is 5.26 Å². The van der Waals surface area contributed by atoms with E-state index in [0.717, 1.165) is 59.5 Å². The van der Waals surface area contributed by atoms with Crippen molar-refractivity contribution in [2.45, 2.75) is 13.8 Å². The normalized spacial score (nSPS) is 11.9. The predicted octanol–water partition coefficient (Wildman–Crippen LogP) is 12.1. The van der Waals surface area contributed by atoms with Crippen LogP contribution in [-0.4, -0.2) is 16.9 Å². The Balaban J connectivity index is 1.05. The van der Waals surface area contributed by atoms with Gasteiger partial charge in [-0.05, 0) is 121 Å². The van der Waals surface area contributed by atoms with Crippen molar-refractivity contribution in [2.75, 3.05) is 4.90 Å². The van der Waals surface area contributed by atoms with Crippen molar-refractivity contribution in [2.24, 2.45) is 0 Å². The third-order valence-corrected chi connectivity index (χ3v) is 11.6. The number of carboxylic acids is 1. The van der Waals surface area contributed by atoms with E-state index >= 15 is 0 Å². The lowest BCUT2D eigenvalue weighted by molar-refractivity contribution is -0.132. The second-order valence-corrected chi connectivity index (χ2v) is 14.9. The highest BCUT2D eigenvalue weighted by Gasteiger charge is 2.28. The maximum absolute atomic E-state index is 13.9. The number of hydrogen-bond donors (Lipinski definition) is 1. The monoisotopic (exact) mass is 710 g/mol. The largest absolute Gasteiger partial charge is 0.477 e. The molecule has 0 aliphatic heterocycles. The molecule has 0 bridgehead atoms. The summed E-state index contributed by atoms with van der Waals surface area (Å²) in [5.41, 5.74) is 11.6. The molecular formula is C45H30N2O3S2. The van der Waals surface area contributed by atoms with E-state index in [1.54, 1.807) is 17.4 Å². The van der Waals surface area contributed by atoms with Gasteiger partial charge in [0.25, 0.3) is 0 Å². The van der Waals surface area contributed by atoms with Crippen LogP contribution in [0.4, 0.5) is 17.1 Å². The van der Waals surface area contributed by atoms with E-state index in [1.807, 2.05) is 42.5 Å². The van der Waals surface area contributed by atoms with Crippen molar-refractivity contribution in [1.29, 1.82) is 5.26 Å². The molecule has 0 fully saturated rings. The zero-order valence-corrected chi connectivity index (χ0v) is 29.9. The number of anilines is 3. The summed E-state index contributed by atoms with van der Waals surface area (Å²) in [6.07, 6.45) is 1.39. The fourth-order valence-corrected chi connectivity index (χ4v) is 8.57. The van der Waals surface area contributed by atoms with Crippen LogP contribution in [0, 0.1) is 25.2 Å². The lowest BCUT2D eigenvalue weighted by Crippen LogP contribution is -2.09. The molecule has 7 heteroatoms. The van der Waals surface area contributed by atoms with Crippen LogP contribution in [0.25, 0.3) is 48.5 Å². The van der Waals surface area contributed by atoms with Gasteiger partial charge in [0.1, 0.15) is 11.6 Å². The Hall–Kier alpha value is -6.33. The van der Waals surface area contributed by atoms with Crippen molar-refractivity contribution < 1.29 is 14.7 Å². The van der Waals surface area contributed by atoms with Gasteiger partial charge in [-0.25, -0.2) is 4.79 Å². The lowest BCUT2D eigenvalue weighted by Gasteiger charge is -2.26. The maximum Gasteiger partial charge on any atom is 0.346 e. The molecule has 0 saturated heterocycles. The third kappa shape index (κ3) is 6.15. The number of aliphatic carboxylic acids is 1. The second-order valence-electron chi connectivity index (χ2n) is 12.7. The molecular weight excluding hydrogens is 681 g/mol. The van der Waals surface area contributed by atoms with Gasteiger partial charge in [0.05, 0.1) is 0 Å². The molecule has 0 spiro atoms. The van der Waals surface area contributed by atoms with Gasteiger partial charge in [-0.3, -0.25) is 4.79 Å². The van der Waals surface area contributed by atoms with Crippen LogP contribution in [0.3, 0.4) is 0 Å². The Morgan fingerprint density at radius 1 is 0.596 bits per heavy atom. The number of fused-ring (bicyclic) bond motifs is 3. The van der Waals surface area contributed by atoms with Crippen LogP contribution in [-0.2, 0) is 4.79 Å². The summed E-state index contributed by atoms with van der Waals surface area (Å²) in [6.45, 7) is 4.19. The first-order valence-electron chi connectivity index (χ1n) is 16.7. The Kier molecular flexibility index (Phi) is 8.48. The zero-order valence-electron chi connectivity index (χ0n) is 28.3. The molecule has 0 atom stereocenters. The molecule has 0 radical (unpaired) electrons. The summed E-state index contributed by atoms with van der Waals surface area (Å²) < 4.78 is 0. The van der Waals surface area contributed by atoms with Gasteiger partial charge < -0.3 is 10.0 Å². The van der Waals surface area contributed by atoms with Crippen molar-refractivity contribution in [3.05, 3.63) is 166 Å². The average molecular weight is 711 g/mol. The number of benzene rings is 5. The highest BCUT2D eigenvalue weighted by molar-refractivity contribution is 7.24. The number of rotatable bonds is 8. The van der Waals surface area contributed by atoms with E-state index in [2.05, 4.69) is 110 Å². The minimum Gasteiger partial charge on any atom is -0.477 e. The molecule has 250 valence electrons. The van der Waals surface area contributed by atoms with Crippen molar-refractivity contribution in [3.63, 3.8) is 0 Å². The van der Waals surface area contributed by atoms with Crippen LogP contribution < -0.4 is 4.90 Å². The molecule has 5 nitrogen and oxygen atoms in total. The lowest BCUT2D eigenvalue weighted by atomic mass is 9.98. The number of hydrogen-bond acceptors (Lipinski definition) is 6. The van der Waals surface area contributed by atoms with E-state index < -0.39 is 5.97 Å². The van der Waals surface area contributed by atoms with Gasteiger partial charge in [0, 0.05) is 47.7 Å². The summed E-state index contributed by atoms with van der Waals surface area (Å²) in [4.78, 5) is 31.1. The number of carboxylic acid groups (broad SMARTS) is 1. The van der Waals surface area contributed by atoms with Crippen molar-refractivity contribution in [1.82, 2.24) is 0 Å². The van der Waals surface area contributed by atoms with Gasteiger partial charge >= 0.3 is 5.97 Å². The molecule has 0 saturated carbocycles. The molecule has 7 aromatic rings. The zero-order chi connectivity index (χ0) is 35.9. The van der Waals surface area contributed by atoms with Crippen LogP contribution in [0.5, 0.6) is 0 Å². The number of carbonyl (C=O) groups excluding carboxylic acids is 1. The second kappa shape index (κ2) is 13.4.